The predicted molar refractivity (Wildman–Crippen MR) is 123 cm³/mol. The van der Waals surface area contributed by atoms with Crippen molar-refractivity contribution in [3.8, 4) is 11.1 Å². The number of hydrogen-bond acceptors (Lipinski definition) is 2. The van der Waals surface area contributed by atoms with Gasteiger partial charge in [-0.1, -0.05) is 79.4 Å². The van der Waals surface area contributed by atoms with E-state index in [-0.39, 0.29) is 11.9 Å². The molecule has 0 bridgehead atoms. The highest BCUT2D eigenvalue weighted by Gasteiger charge is 2.23. The Morgan fingerprint density at radius 3 is 2.40 bits per heavy atom. The Balaban J connectivity index is 1.53. The fourth-order valence-corrected chi connectivity index (χ4v) is 4.40. The minimum absolute atomic E-state index is 0.0951. The molecule has 4 rings (SSSR count). The van der Waals surface area contributed by atoms with E-state index in [1.165, 1.54) is 22.3 Å². The second-order valence-electron chi connectivity index (χ2n) is 7.93. The van der Waals surface area contributed by atoms with Crippen molar-refractivity contribution in [1.82, 2.24) is 0 Å². The van der Waals surface area contributed by atoms with Gasteiger partial charge in [-0.25, -0.2) is 0 Å². The third kappa shape index (κ3) is 4.38. The van der Waals surface area contributed by atoms with Crippen molar-refractivity contribution in [2.75, 3.05) is 6.61 Å². The molecule has 0 amide bonds. The van der Waals surface area contributed by atoms with Crippen LogP contribution < -0.4 is 0 Å². The number of carbonyl (C=O) groups is 1. The fourth-order valence-electron chi connectivity index (χ4n) is 4.40. The smallest absolute Gasteiger partial charge is 0.306 e. The summed E-state index contributed by atoms with van der Waals surface area (Å²) in [5.41, 5.74) is 8.38. The molecular weight excluding hydrogens is 368 g/mol. The van der Waals surface area contributed by atoms with Gasteiger partial charge >= 0.3 is 5.97 Å². The first-order chi connectivity index (χ1) is 14.7. The minimum atomic E-state index is -0.0951. The molecule has 3 aromatic rings. The first kappa shape index (κ1) is 20.2. The summed E-state index contributed by atoms with van der Waals surface area (Å²) in [5.74, 6) is 0.169. The number of hydrogen-bond donors (Lipinski definition) is 0. The summed E-state index contributed by atoms with van der Waals surface area (Å²) in [7, 11) is 0. The Labute approximate surface area is 179 Å². The molecule has 0 spiro atoms. The molecule has 152 valence electrons. The van der Waals surface area contributed by atoms with E-state index in [0.717, 1.165) is 36.0 Å². The van der Waals surface area contributed by atoms with E-state index in [9.17, 15) is 4.79 Å². The standard InChI is InChI=1S/C28H28O2/c1-3-30-28(29)19-26-11-7-10-25-18-24(16-17-27(25)26)20(2)21-12-14-23(15-13-21)22-8-5-4-6-9-22/h4-6,8-9,12-18,26H,2-3,7,10-11,19H2,1H3. The highest BCUT2D eigenvalue weighted by molar-refractivity contribution is 5.80. The predicted octanol–water partition coefficient (Wildman–Crippen LogP) is 6.79. The third-order valence-corrected chi connectivity index (χ3v) is 5.99. The topological polar surface area (TPSA) is 26.3 Å². The number of carbonyl (C=O) groups excluding carboxylic acids is 1. The van der Waals surface area contributed by atoms with Crippen LogP contribution in [0.5, 0.6) is 0 Å². The average molecular weight is 397 g/mol. The van der Waals surface area contributed by atoms with Crippen LogP contribution in [-0.2, 0) is 16.0 Å². The third-order valence-electron chi connectivity index (χ3n) is 5.99. The van der Waals surface area contributed by atoms with Crippen molar-refractivity contribution >= 4 is 11.5 Å². The van der Waals surface area contributed by atoms with Crippen molar-refractivity contribution in [3.05, 3.63) is 102 Å². The molecule has 1 unspecified atom stereocenters. The summed E-state index contributed by atoms with van der Waals surface area (Å²) >= 11 is 0. The second-order valence-corrected chi connectivity index (χ2v) is 7.93. The molecular formula is C28H28O2. The average Bonchev–Trinajstić information content (AvgIpc) is 2.79. The fraction of sp³-hybridized carbons (Fsp3) is 0.250. The Bertz CT molecular complexity index is 1030. The van der Waals surface area contributed by atoms with Crippen LogP contribution in [0.3, 0.4) is 0 Å². The zero-order valence-electron chi connectivity index (χ0n) is 17.6. The molecule has 0 N–H and O–H groups in total. The molecule has 0 aliphatic heterocycles. The summed E-state index contributed by atoms with van der Waals surface area (Å²) in [5, 5.41) is 0. The lowest BCUT2D eigenvalue weighted by molar-refractivity contribution is -0.143. The van der Waals surface area contributed by atoms with E-state index in [1.807, 2.05) is 13.0 Å². The number of fused-ring (bicyclic) bond motifs is 1. The van der Waals surface area contributed by atoms with Gasteiger partial charge in [-0.2, -0.15) is 0 Å². The van der Waals surface area contributed by atoms with Crippen LogP contribution in [0.4, 0.5) is 0 Å². The molecule has 0 heterocycles. The van der Waals surface area contributed by atoms with Gasteiger partial charge in [0.1, 0.15) is 0 Å². The Morgan fingerprint density at radius 1 is 0.967 bits per heavy atom. The van der Waals surface area contributed by atoms with E-state index < -0.39 is 0 Å². The largest absolute Gasteiger partial charge is 0.466 e. The van der Waals surface area contributed by atoms with Gasteiger partial charge in [0.2, 0.25) is 0 Å². The normalized spacial score (nSPS) is 15.3. The molecule has 0 aromatic heterocycles. The van der Waals surface area contributed by atoms with Gasteiger partial charge in [-0.15, -0.1) is 0 Å². The molecule has 0 fully saturated rings. The summed E-state index contributed by atoms with van der Waals surface area (Å²) in [6, 6.07) is 25.6. The summed E-state index contributed by atoms with van der Waals surface area (Å²) in [6.07, 6.45) is 3.69. The van der Waals surface area contributed by atoms with Crippen LogP contribution in [0.1, 0.15) is 54.4 Å². The van der Waals surface area contributed by atoms with Crippen LogP contribution in [0.25, 0.3) is 16.7 Å². The van der Waals surface area contributed by atoms with Gasteiger partial charge in [-0.3, -0.25) is 4.79 Å². The first-order valence-corrected chi connectivity index (χ1v) is 10.8. The monoisotopic (exact) mass is 396 g/mol. The molecule has 2 nitrogen and oxygen atoms in total. The highest BCUT2D eigenvalue weighted by Crippen LogP contribution is 2.36. The lowest BCUT2D eigenvalue weighted by Crippen LogP contribution is -2.15. The summed E-state index contributed by atoms with van der Waals surface area (Å²) in [4.78, 5) is 12.0. The number of aryl methyl sites for hydroxylation is 1. The quantitative estimate of drug-likeness (QED) is 0.429. The van der Waals surface area contributed by atoms with Gasteiger partial charge in [0.25, 0.3) is 0 Å². The Hall–Kier alpha value is -3.13. The van der Waals surface area contributed by atoms with Gasteiger partial charge in [0, 0.05) is 0 Å². The maximum Gasteiger partial charge on any atom is 0.306 e. The minimum Gasteiger partial charge on any atom is -0.466 e. The van der Waals surface area contributed by atoms with Crippen molar-refractivity contribution < 1.29 is 9.53 Å². The lowest BCUT2D eigenvalue weighted by atomic mass is 9.79. The van der Waals surface area contributed by atoms with E-state index >= 15 is 0 Å². The van der Waals surface area contributed by atoms with E-state index in [4.69, 9.17) is 4.74 Å². The van der Waals surface area contributed by atoms with Gasteiger partial charge in [0.15, 0.2) is 0 Å². The van der Waals surface area contributed by atoms with Gasteiger partial charge in [0.05, 0.1) is 13.0 Å². The molecule has 0 saturated heterocycles. The molecule has 2 heteroatoms. The van der Waals surface area contributed by atoms with Crippen molar-refractivity contribution in [1.29, 1.82) is 0 Å². The maximum absolute atomic E-state index is 12.0. The molecule has 0 saturated carbocycles. The van der Waals surface area contributed by atoms with Gasteiger partial charge < -0.3 is 4.74 Å². The molecule has 1 aliphatic carbocycles. The Kier molecular flexibility index (Phi) is 6.13. The maximum atomic E-state index is 12.0. The zero-order chi connectivity index (χ0) is 20.9. The number of benzene rings is 3. The van der Waals surface area contributed by atoms with Gasteiger partial charge in [-0.05, 0) is 71.1 Å². The molecule has 0 radical (unpaired) electrons. The highest BCUT2D eigenvalue weighted by atomic mass is 16.5. The van der Waals surface area contributed by atoms with Crippen LogP contribution in [0, 0.1) is 0 Å². The Morgan fingerprint density at radius 2 is 1.67 bits per heavy atom. The van der Waals surface area contributed by atoms with E-state index in [2.05, 4.69) is 73.3 Å². The van der Waals surface area contributed by atoms with Crippen LogP contribution >= 0.6 is 0 Å². The van der Waals surface area contributed by atoms with E-state index in [1.54, 1.807) is 0 Å². The van der Waals surface area contributed by atoms with Crippen molar-refractivity contribution in [2.45, 2.75) is 38.5 Å². The lowest BCUT2D eigenvalue weighted by Gasteiger charge is -2.25. The van der Waals surface area contributed by atoms with Crippen molar-refractivity contribution in [3.63, 3.8) is 0 Å². The second kappa shape index (κ2) is 9.13. The SMILES string of the molecule is C=C(c1ccc(-c2ccccc2)cc1)c1ccc2c(c1)CCCC2CC(=O)OCC. The number of rotatable bonds is 6. The van der Waals surface area contributed by atoms with Crippen LogP contribution in [0.15, 0.2) is 79.4 Å². The molecule has 1 atom stereocenters. The molecule has 3 aromatic carbocycles. The molecule has 30 heavy (non-hydrogen) atoms. The summed E-state index contributed by atoms with van der Waals surface area (Å²) in [6.45, 7) is 6.67. The zero-order valence-corrected chi connectivity index (χ0v) is 17.6. The number of esters is 1. The molecule has 1 aliphatic rings. The van der Waals surface area contributed by atoms with Crippen molar-refractivity contribution in [2.24, 2.45) is 0 Å². The summed E-state index contributed by atoms with van der Waals surface area (Å²) < 4.78 is 5.17. The first-order valence-electron chi connectivity index (χ1n) is 10.8. The van der Waals surface area contributed by atoms with Crippen LogP contribution in [-0.4, -0.2) is 12.6 Å². The van der Waals surface area contributed by atoms with Crippen LogP contribution in [0.2, 0.25) is 0 Å². The van der Waals surface area contributed by atoms with E-state index in [0.29, 0.717) is 13.0 Å². The number of ether oxygens (including phenoxy) is 1.